The van der Waals surface area contributed by atoms with Crippen LogP contribution in [0.3, 0.4) is 0 Å². The first kappa shape index (κ1) is 20.0. The van der Waals surface area contributed by atoms with Crippen LogP contribution in [-0.4, -0.2) is 61.9 Å². The lowest BCUT2D eigenvalue weighted by atomic mass is 10.1. The predicted molar refractivity (Wildman–Crippen MR) is 107 cm³/mol. The van der Waals surface area contributed by atoms with E-state index in [0.717, 1.165) is 12.1 Å². The molecule has 0 unspecified atom stereocenters. The minimum absolute atomic E-state index is 0.00405. The molecule has 0 atom stereocenters. The number of nitrogens with zero attached hydrogens (tertiary/aromatic N) is 3. The van der Waals surface area contributed by atoms with E-state index in [1.54, 1.807) is 25.1 Å². The molecule has 6 heteroatoms. The van der Waals surface area contributed by atoms with E-state index in [1.165, 1.54) is 31.5 Å². The van der Waals surface area contributed by atoms with Crippen molar-refractivity contribution in [2.24, 2.45) is 4.99 Å². The number of benzene rings is 1. The summed E-state index contributed by atoms with van der Waals surface area (Å²) in [5.41, 5.74) is 2.49. The van der Waals surface area contributed by atoms with Crippen molar-refractivity contribution in [3.05, 3.63) is 48.0 Å². The Bertz CT molecular complexity index is 603. The van der Waals surface area contributed by atoms with Crippen LogP contribution in [0.2, 0.25) is 0 Å². The lowest BCUT2D eigenvalue weighted by Gasteiger charge is -2.15. The smallest absolute Gasteiger partial charge is 0.241 e. The fourth-order valence-electron chi connectivity index (χ4n) is 2.78. The van der Waals surface area contributed by atoms with Crippen molar-refractivity contribution in [2.45, 2.75) is 25.9 Å². The van der Waals surface area contributed by atoms with Gasteiger partial charge in [-0.2, -0.15) is 0 Å². The molecule has 1 amide bonds. The van der Waals surface area contributed by atoms with Crippen LogP contribution in [0.5, 0.6) is 0 Å². The monoisotopic (exact) mass is 357 g/mol. The van der Waals surface area contributed by atoms with Gasteiger partial charge in [-0.05, 0) is 37.1 Å². The van der Waals surface area contributed by atoms with Crippen LogP contribution in [0.4, 0.5) is 0 Å². The number of rotatable bonds is 8. The van der Waals surface area contributed by atoms with Crippen molar-refractivity contribution in [3.63, 3.8) is 0 Å². The van der Waals surface area contributed by atoms with Crippen molar-refractivity contribution in [1.29, 1.82) is 0 Å². The summed E-state index contributed by atoms with van der Waals surface area (Å²) >= 11 is 0. The van der Waals surface area contributed by atoms with E-state index in [0.29, 0.717) is 19.0 Å². The lowest BCUT2D eigenvalue weighted by Crippen LogP contribution is -2.43. The molecule has 2 N–H and O–H groups in total. The number of aliphatic imine (C=N–C) groups is 1. The number of amides is 1. The maximum Gasteiger partial charge on any atom is 0.241 e. The molecule has 142 valence electrons. The Morgan fingerprint density at radius 2 is 1.85 bits per heavy atom. The molecule has 1 heterocycles. The van der Waals surface area contributed by atoms with Crippen molar-refractivity contribution >= 4 is 11.9 Å². The lowest BCUT2D eigenvalue weighted by molar-refractivity contribution is -0.127. The summed E-state index contributed by atoms with van der Waals surface area (Å²) < 4.78 is 0. The minimum Gasteiger partial charge on any atom is -0.353 e. The van der Waals surface area contributed by atoms with Gasteiger partial charge < -0.3 is 15.5 Å². The fourth-order valence-corrected chi connectivity index (χ4v) is 2.78. The zero-order valence-electron chi connectivity index (χ0n) is 16.0. The summed E-state index contributed by atoms with van der Waals surface area (Å²) in [4.78, 5) is 20.3. The topological polar surface area (TPSA) is 60.0 Å². The zero-order chi connectivity index (χ0) is 18.8. The summed E-state index contributed by atoms with van der Waals surface area (Å²) in [6, 6.07) is 8.63. The van der Waals surface area contributed by atoms with E-state index < -0.39 is 0 Å². The Hall–Kier alpha value is -2.34. The second kappa shape index (κ2) is 10.6. The van der Waals surface area contributed by atoms with Gasteiger partial charge in [0.15, 0.2) is 5.96 Å². The Morgan fingerprint density at radius 1 is 1.19 bits per heavy atom. The highest BCUT2D eigenvalue weighted by atomic mass is 16.2. The molecule has 26 heavy (non-hydrogen) atoms. The van der Waals surface area contributed by atoms with Crippen LogP contribution in [0, 0.1) is 0 Å². The van der Waals surface area contributed by atoms with E-state index in [4.69, 9.17) is 0 Å². The standard InChI is InChI=1S/C20H31N5O/c1-4-11-21-20(23-15-19(26)24(2)3)22-14-17-7-9-18(10-8-17)16-25-12-5-6-13-25/h4,7-10H,1,5-6,11-16H2,2-3H3,(H2,21,22,23). The van der Waals surface area contributed by atoms with Crippen LogP contribution in [0.25, 0.3) is 0 Å². The molecule has 1 aromatic carbocycles. The van der Waals surface area contributed by atoms with Gasteiger partial charge in [0.2, 0.25) is 5.91 Å². The maximum absolute atomic E-state index is 11.7. The summed E-state index contributed by atoms with van der Waals surface area (Å²) in [5, 5.41) is 6.20. The number of carbonyl (C=O) groups is 1. The third kappa shape index (κ3) is 6.88. The van der Waals surface area contributed by atoms with Gasteiger partial charge in [0.05, 0.1) is 13.1 Å². The first-order valence-electron chi connectivity index (χ1n) is 9.22. The van der Waals surface area contributed by atoms with Crippen LogP contribution in [-0.2, 0) is 17.9 Å². The van der Waals surface area contributed by atoms with Crippen molar-refractivity contribution in [2.75, 3.05) is 40.3 Å². The van der Waals surface area contributed by atoms with E-state index in [9.17, 15) is 4.79 Å². The molecule has 1 aromatic rings. The molecule has 1 aliphatic rings. The van der Waals surface area contributed by atoms with Gasteiger partial charge in [0, 0.05) is 27.2 Å². The van der Waals surface area contributed by atoms with Gasteiger partial charge in [-0.25, -0.2) is 4.99 Å². The summed E-state index contributed by atoms with van der Waals surface area (Å²) in [7, 11) is 3.48. The molecule has 0 bridgehead atoms. The first-order valence-corrected chi connectivity index (χ1v) is 9.22. The summed E-state index contributed by atoms with van der Waals surface area (Å²) in [5.74, 6) is 0.616. The second-order valence-electron chi connectivity index (χ2n) is 6.78. The molecule has 0 saturated carbocycles. The van der Waals surface area contributed by atoms with Crippen molar-refractivity contribution < 1.29 is 4.79 Å². The average molecular weight is 358 g/mol. The fraction of sp³-hybridized carbons (Fsp3) is 0.500. The molecule has 0 aromatic heterocycles. The number of hydrogen-bond acceptors (Lipinski definition) is 3. The number of hydrogen-bond donors (Lipinski definition) is 2. The molecule has 0 spiro atoms. The van der Waals surface area contributed by atoms with E-state index in [-0.39, 0.29) is 12.5 Å². The normalized spacial score (nSPS) is 14.9. The third-order valence-corrected chi connectivity index (χ3v) is 4.37. The largest absolute Gasteiger partial charge is 0.353 e. The molecular formula is C20H31N5O. The van der Waals surface area contributed by atoms with Crippen LogP contribution in [0.1, 0.15) is 24.0 Å². The number of carbonyl (C=O) groups excluding carboxylic acids is 1. The van der Waals surface area contributed by atoms with Gasteiger partial charge in [-0.3, -0.25) is 9.69 Å². The quantitative estimate of drug-likeness (QED) is 0.421. The third-order valence-electron chi connectivity index (χ3n) is 4.37. The van der Waals surface area contributed by atoms with Crippen molar-refractivity contribution in [3.8, 4) is 0 Å². The Labute approximate surface area is 157 Å². The molecule has 6 nitrogen and oxygen atoms in total. The number of nitrogens with one attached hydrogen (secondary N) is 2. The molecule has 1 fully saturated rings. The van der Waals surface area contributed by atoms with Gasteiger partial charge in [-0.15, -0.1) is 6.58 Å². The molecule has 1 aliphatic heterocycles. The molecule has 1 saturated heterocycles. The number of likely N-dealkylation sites (N-methyl/N-ethyl adjacent to an activating group) is 1. The summed E-state index contributed by atoms with van der Waals surface area (Å²) in [6.45, 7) is 8.52. The Morgan fingerprint density at radius 3 is 2.46 bits per heavy atom. The van der Waals surface area contributed by atoms with Crippen LogP contribution in [0.15, 0.2) is 41.9 Å². The van der Waals surface area contributed by atoms with Gasteiger partial charge >= 0.3 is 0 Å². The van der Waals surface area contributed by atoms with E-state index in [2.05, 4.69) is 51.4 Å². The van der Waals surface area contributed by atoms with Gasteiger partial charge in [-0.1, -0.05) is 30.3 Å². The molecular weight excluding hydrogens is 326 g/mol. The molecule has 0 aliphatic carbocycles. The number of guanidine groups is 1. The summed E-state index contributed by atoms with van der Waals surface area (Å²) in [6.07, 6.45) is 4.39. The first-order chi connectivity index (χ1) is 12.6. The van der Waals surface area contributed by atoms with E-state index >= 15 is 0 Å². The number of likely N-dealkylation sites (tertiary alicyclic amines) is 1. The maximum atomic E-state index is 11.7. The van der Waals surface area contributed by atoms with Crippen molar-refractivity contribution in [1.82, 2.24) is 20.4 Å². The molecule has 2 rings (SSSR count). The zero-order valence-corrected chi connectivity index (χ0v) is 16.0. The Balaban J connectivity index is 1.89. The molecule has 0 radical (unpaired) electrons. The highest BCUT2D eigenvalue weighted by molar-refractivity contribution is 5.86. The predicted octanol–water partition coefficient (Wildman–Crippen LogP) is 1.59. The van der Waals surface area contributed by atoms with Crippen LogP contribution < -0.4 is 10.6 Å². The van der Waals surface area contributed by atoms with E-state index in [1.807, 2.05) is 0 Å². The SMILES string of the molecule is C=CCNC(=NCc1ccc(CN2CCCC2)cc1)NCC(=O)N(C)C. The minimum atomic E-state index is 0.00405. The van der Waals surface area contributed by atoms with Gasteiger partial charge in [0.1, 0.15) is 0 Å². The van der Waals surface area contributed by atoms with Gasteiger partial charge in [0.25, 0.3) is 0 Å². The van der Waals surface area contributed by atoms with Crippen LogP contribution >= 0.6 is 0 Å². The highest BCUT2D eigenvalue weighted by Crippen LogP contribution is 2.13. The highest BCUT2D eigenvalue weighted by Gasteiger charge is 2.11. The second-order valence-corrected chi connectivity index (χ2v) is 6.78. The average Bonchev–Trinajstić information content (AvgIpc) is 3.15. The Kier molecular flexibility index (Phi) is 8.15.